The van der Waals surface area contributed by atoms with Crippen molar-refractivity contribution in [3.05, 3.63) is 71.3 Å². The van der Waals surface area contributed by atoms with Gasteiger partial charge >= 0.3 is 0 Å². The Bertz CT molecular complexity index is 772. The third kappa shape index (κ3) is 5.81. The van der Waals surface area contributed by atoms with Crippen molar-refractivity contribution >= 4 is 24.2 Å². The van der Waals surface area contributed by atoms with Crippen LogP contribution in [0.25, 0.3) is 0 Å². The molecular formula is C22H28ClN3O2. The van der Waals surface area contributed by atoms with Gasteiger partial charge in [-0.05, 0) is 24.5 Å². The highest BCUT2D eigenvalue weighted by atomic mass is 35.5. The number of benzene rings is 2. The molecule has 0 aliphatic carbocycles. The fraction of sp³-hybridized carbons (Fsp3) is 0.364. The van der Waals surface area contributed by atoms with E-state index in [9.17, 15) is 9.59 Å². The zero-order chi connectivity index (χ0) is 19.2. The van der Waals surface area contributed by atoms with Crippen LogP contribution in [0.3, 0.4) is 0 Å². The average molecular weight is 402 g/mol. The van der Waals surface area contributed by atoms with Gasteiger partial charge in [-0.25, -0.2) is 0 Å². The molecular weight excluding hydrogens is 374 g/mol. The molecule has 0 spiro atoms. The van der Waals surface area contributed by atoms with Gasteiger partial charge in [0, 0.05) is 26.2 Å². The predicted molar refractivity (Wildman–Crippen MR) is 113 cm³/mol. The lowest BCUT2D eigenvalue weighted by atomic mass is 10.1. The summed E-state index contributed by atoms with van der Waals surface area (Å²) >= 11 is 0. The van der Waals surface area contributed by atoms with Crippen molar-refractivity contribution in [1.29, 1.82) is 0 Å². The monoisotopic (exact) mass is 401 g/mol. The van der Waals surface area contributed by atoms with E-state index in [0.29, 0.717) is 39.0 Å². The molecule has 2 aromatic rings. The van der Waals surface area contributed by atoms with E-state index in [-0.39, 0.29) is 24.2 Å². The van der Waals surface area contributed by atoms with Gasteiger partial charge < -0.3 is 15.5 Å². The minimum Gasteiger partial charge on any atom is -0.339 e. The molecule has 1 aliphatic heterocycles. The summed E-state index contributed by atoms with van der Waals surface area (Å²) < 4.78 is 0. The lowest BCUT2D eigenvalue weighted by molar-refractivity contribution is -0.140. The number of hydrogen-bond donors (Lipinski definition) is 1. The minimum absolute atomic E-state index is 0. The summed E-state index contributed by atoms with van der Waals surface area (Å²) in [4.78, 5) is 28.7. The number of piperazine rings is 1. The van der Waals surface area contributed by atoms with Gasteiger partial charge in [0.25, 0.3) is 0 Å². The van der Waals surface area contributed by atoms with Crippen molar-refractivity contribution in [2.24, 2.45) is 5.73 Å². The van der Waals surface area contributed by atoms with E-state index in [0.717, 1.165) is 11.1 Å². The first-order chi connectivity index (χ1) is 13.0. The van der Waals surface area contributed by atoms with Gasteiger partial charge in [0.15, 0.2) is 0 Å². The normalized spacial score (nSPS) is 14.9. The fourth-order valence-electron chi connectivity index (χ4n) is 3.36. The Morgan fingerprint density at radius 1 is 0.893 bits per heavy atom. The van der Waals surface area contributed by atoms with Crippen molar-refractivity contribution in [3.8, 4) is 0 Å². The summed E-state index contributed by atoms with van der Waals surface area (Å²) in [6.07, 6.45) is 0.938. The zero-order valence-corrected chi connectivity index (χ0v) is 17.0. The topological polar surface area (TPSA) is 66.6 Å². The average Bonchev–Trinajstić information content (AvgIpc) is 2.70. The summed E-state index contributed by atoms with van der Waals surface area (Å²) in [6.45, 7) is 4.25. The molecule has 1 fully saturated rings. The molecule has 2 aromatic carbocycles. The molecule has 0 radical (unpaired) electrons. The molecule has 1 atom stereocenters. The number of aryl methyl sites for hydroxylation is 1. The number of halogens is 1. The van der Waals surface area contributed by atoms with Crippen LogP contribution in [0.15, 0.2) is 54.6 Å². The molecule has 0 bridgehead atoms. The van der Waals surface area contributed by atoms with E-state index in [4.69, 9.17) is 5.73 Å². The van der Waals surface area contributed by atoms with Crippen LogP contribution in [0.4, 0.5) is 0 Å². The van der Waals surface area contributed by atoms with Gasteiger partial charge in [-0.2, -0.15) is 0 Å². The van der Waals surface area contributed by atoms with Crippen LogP contribution in [0.2, 0.25) is 0 Å². The number of hydrogen-bond acceptors (Lipinski definition) is 3. The van der Waals surface area contributed by atoms with Gasteiger partial charge in [0.05, 0.1) is 12.5 Å². The molecule has 0 unspecified atom stereocenters. The van der Waals surface area contributed by atoms with E-state index < -0.39 is 6.04 Å². The van der Waals surface area contributed by atoms with Crippen molar-refractivity contribution in [1.82, 2.24) is 9.80 Å². The third-order valence-electron chi connectivity index (χ3n) is 5.04. The molecule has 0 aromatic heterocycles. The highest BCUT2D eigenvalue weighted by Crippen LogP contribution is 2.10. The maximum Gasteiger partial charge on any atom is 0.239 e. The third-order valence-corrected chi connectivity index (χ3v) is 5.04. The van der Waals surface area contributed by atoms with E-state index in [1.54, 1.807) is 4.90 Å². The van der Waals surface area contributed by atoms with Crippen LogP contribution in [0, 0.1) is 6.92 Å². The van der Waals surface area contributed by atoms with E-state index in [1.165, 1.54) is 5.56 Å². The van der Waals surface area contributed by atoms with E-state index >= 15 is 0 Å². The highest BCUT2D eigenvalue weighted by molar-refractivity contribution is 5.85. The number of nitrogens with two attached hydrogens (primary N) is 1. The smallest absolute Gasteiger partial charge is 0.239 e. The van der Waals surface area contributed by atoms with Crippen LogP contribution >= 0.6 is 12.4 Å². The standard InChI is InChI=1S/C22H27N3O2.ClH/c1-17-7-9-19(10-8-17)16-21(26)24-11-13-25(14-12-24)22(27)20(23)15-18-5-3-2-4-6-18;/h2-10,20H,11-16,23H2,1H3;1H/t20-;/m0./s1. The van der Waals surface area contributed by atoms with E-state index in [1.807, 2.05) is 66.4 Å². The molecule has 28 heavy (non-hydrogen) atoms. The molecule has 2 amide bonds. The van der Waals surface area contributed by atoms with Gasteiger partial charge in [0.1, 0.15) is 0 Å². The first-order valence-corrected chi connectivity index (χ1v) is 9.44. The molecule has 150 valence electrons. The van der Waals surface area contributed by atoms with Crippen LogP contribution in [0.1, 0.15) is 16.7 Å². The van der Waals surface area contributed by atoms with Crippen LogP contribution in [-0.2, 0) is 22.4 Å². The van der Waals surface area contributed by atoms with Crippen molar-refractivity contribution < 1.29 is 9.59 Å². The number of rotatable bonds is 5. The summed E-state index contributed by atoms with van der Waals surface area (Å²) in [5, 5.41) is 0. The number of nitrogens with zero attached hydrogens (tertiary/aromatic N) is 2. The summed E-state index contributed by atoms with van der Waals surface area (Å²) in [6, 6.07) is 17.3. The molecule has 1 saturated heterocycles. The highest BCUT2D eigenvalue weighted by Gasteiger charge is 2.27. The van der Waals surface area contributed by atoms with Crippen LogP contribution < -0.4 is 5.73 Å². The Hall–Kier alpha value is -2.37. The Morgan fingerprint density at radius 2 is 1.46 bits per heavy atom. The number of carbonyl (C=O) groups is 2. The largest absolute Gasteiger partial charge is 0.339 e. The Kier molecular flexibility index (Phi) is 8.03. The fourth-order valence-corrected chi connectivity index (χ4v) is 3.36. The Labute approximate surface area is 172 Å². The quantitative estimate of drug-likeness (QED) is 0.835. The summed E-state index contributed by atoms with van der Waals surface area (Å²) in [7, 11) is 0. The lowest BCUT2D eigenvalue weighted by Gasteiger charge is -2.36. The van der Waals surface area contributed by atoms with Gasteiger partial charge in [-0.3, -0.25) is 9.59 Å². The lowest BCUT2D eigenvalue weighted by Crippen LogP contribution is -2.54. The molecule has 3 rings (SSSR count). The first-order valence-electron chi connectivity index (χ1n) is 9.44. The van der Waals surface area contributed by atoms with Crippen LogP contribution in [0.5, 0.6) is 0 Å². The Balaban J connectivity index is 0.00000280. The number of amides is 2. The van der Waals surface area contributed by atoms with Gasteiger partial charge in [-0.1, -0.05) is 60.2 Å². The number of carbonyl (C=O) groups excluding carboxylic acids is 2. The summed E-state index contributed by atoms with van der Waals surface area (Å²) in [5.41, 5.74) is 9.39. The van der Waals surface area contributed by atoms with Crippen molar-refractivity contribution in [2.45, 2.75) is 25.8 Å². The van der Waals surface area contributed by atoms with Crippen LogP contribution in [-0.4, -0.2) is 53.8 Å². The van der Waals surface area contributed by atoms with Gasteiger partial charge in [0.2, 0.25) is 11.8 Å². The molecule has 1 aliphatic rings. The SMILES string of the molecule is Cc1ccc(CC(=O)N2CCN(C(=O)[C@@H](N)Cc3ccccc3)CC2)cc1.Cl. The maximum atomic E-state index is 12.6. The first kappa shape index (κ1) is 21.9. The molecule has 1 heterocycles. The molecule has 5 nitrogen and oxygen atoms in total. The van der Waals surface area contributed by atoms with Crippen molar-refractivity contribution in [3.63, 3.8) is 0 Å². The second-order valence-electron chi connectivity index (χ2n) is 7.16. The second kappa shape index (κ2) is 10.2. The molecule has 6 heteroatoms. The van der Waals surface area contributed by atoms with E-state index in [2.05, 4.69) is 0 Å². The summed E-state index contributed by atoms with van der Waals surface area (Å²) in [5.74, 6) is 0.0732. The molecule has 2 N–H and O–H groups in total. The second-order valence-corrected chi connectivity index (χ2v) is 7.16. The predicted octanol–water partition coefficient (Wildman–Crippen LogP) is 2.20. The van der Waals surface area contributed by atoms with Crippen molar-refractivity contribution in [2.75, 3.05) is 26.2 Å². The Morgan fingerprint density at radius 3 is 2.07 bits per heavy atom. The van der Waals surface area contributed by atoms with Gasteiger partial charge in [-0.15, -0.1) is 12.4 Å². The molecule has 0 saturated carbocycles. The minimum atomic E-state index is -0.540. The zero-order valence-electron chi connectivity index (χ0n) is 16.2. The maximum absolute atomic E-state index is 12.6.